The summed E-state index contributed by atoms with van der Waals surface area (Å²) < 4.78 is 16.7. The SMILES string of the molecule is CC(C)(C)OC(=O)Nc1cccc(N(C(=O)c2ccco2)C2CCN(CC(C(=O)OCc3ccccc3)c3ccccc3)CC2)c1. The van der Waals surface area contributed by atoms with Crippen LogP contribution in [0.3, 0.4) is 0 Å². The van der Waals surface area contributed by atoms with E-state index in [9.17, 15) is 14.4 Å². The predicted molar refractivity (Wildman–Crippen MR) is 177 cm³/mol. The molecule has 1 fully saturated rings. The fourth-order valence-electron chi connectivity index (χ4n) is 5.62. The number of likely N-dealkylation sites (tertiary alicyclic amines) is 1. The summed E-state index contributed by atoms with van der Waals surface area (Å²) in [7, 11) is 0. The number of ether oxygens (including phenoxy) is 2. The van der Waals surface area contributed by atoms with Crippen LogP contribution in [0.2, 0.25) is 0 Å². The van der Waals surface area contributed by atoms with E-state index >= 15 is 0 Å². The Labute approximate surface area is 270 Å². The number of carbonyl (C=O) groups is 3. The number of nitrogens with one attached hydrogen (secondary N) is 1. The summed E-state index contributed by atoms with van der Waals surface area (Å²) in [6, 6.07) is 29.8. The number of hydrogen-bond donors (Lipinski definition) is 1. The Bertz CT molecular complexity index is 1580. The highest BCUT2D eigenvalue weighted by Gasteiger charge is 2.33. The van der Waals surface area contributed by atoms with Crippen molar-refractivity contribution in [2.45, 2.75) is 57.8 Å². The van der Waals surface area contributed by atoms with E-state index in [1.54, 1.807) is 56.0 Å². The number of benzene rings is 3. The van der Waals surface area contributed by atoms with Crippen LogP contribution in [0.4, 0.5) is 16.2 Å². The highest BCUT2D eigenvalue weighted by molar-refractivity contribution is 6.05. The number of amides is 2. The second-order valence-corrected chi connectivity index (χ2v) is 12.4. The number of hydrogen-bond acceptors (Lipinski definition) is 7. The van der Waals surface area contributed by atoms with Crippen molar-refractivity contribution in [3.8, 4) is 0 Å². The third-order valence-corrected chi connectivity index (χ3v) is 7.79. The van der Waals surface area contributed by atoms with Gasteiger partial charge in [-0.25, -0.2) is 4.79 Å². The number of nitrogens with zero attached hydrogens (tertiary/aromatic N) is 2. The van der Waals surface area contributed by atoms with E-state index in [0.29, 0.717) is 43.9 Å². The predicted octanol–water partition coefficient (Wildman–Crippen LogP) is 7.27. The molecule has 0 bridgehead atoms. The van der Waals surface area contributed by atoms with Gasteiger partial charge in [0.2, 0.25) is 0 Å². The molecule has 1 unspecified atom stereocenters. The van der Waals surface area contributed by atoms with Crippen molar-refractivity contribution in [1.82, 2.24) is 4.90 Å². The second-order valence-electron chi connectivity index (χ2n) is 12.4. The molecule has 9 nitrogen and oxygen atoms in total. The molecule has 1 atom stereocenters. The van der Waals surface area contributed by atoms with Crippen LogP contribution in [0.1, 0.15) is 61.2 Å². The van der Waals surface area contributed by atoms with Crippen LogP contribution < -0.4 is 10.2 Å². The summed E-state index contributed by atoms with van der Waals surface area (Å²) in [4.78, 5) is 43.7. The van der Waals surface area contributed by atoms with E-state index in [1.165, 1.54) is 6.26 Å². The van der Waals surface area contributed by atoms with Gasteiger partial charge in [0.1, 0.15) is 12.2 Å². The molecule has 0 radical (unpaired) electrons. The van der Waals surface area contributed by atoms with Gasteiger partial charge < -0.3 is 23.7 Å². The highest BCUT2D eigenvalue weighted by atomic mass is 16.6. The molecule has 4 aromatic rings. The minimum atomic E-state index is -0.644. The average Bonchev–Trinajstić information content (AvgIpc) is 3.59. The van der Waals surface area contributed by atoms with Gasteiger partial charge in [-0.3, -0.25) is 14.9 Å². The Hall–Kier alpha value is -4.89. The van der Waals surface area contributed by atoms with Gasteiger partial charge in [0.25, 0.3) is 5.91 Å². The summed E-state index contributed by atoms with van der Waals surface area (Å²) in [6.07, 6.45) is 2.26. The zero-order valence-electron chi connectivity index (χ0n) is 26.6. The van der Waals surface area contributed by atoms with Crippen LogP contribution in [0.15, 0.2) is 108 Å². The molecule has 1 aliphatic rings. The van der Waals surface area contributed by atoms with Gasteiger partial charge in [-0.15, -0.1) is 0 Å². The lowest BCUT2D eigenvalue weighted by atomic mass is 9.96. The first-order chi connectivity index (χ1) is 22.2. The first-order valence-electron chi connectivity index (χ1n) is 15.6. The van der Waals surface area contributed by atoms with Gasteiger partial charge in [-0.1, -0.05) is 66.7 Å². The average molecular weight is 624 g/mol. The molecule has 0 aliphatic carbocycles. The van der Waals surface area contributed by atoms with Crippen molar-refractivity contribution in [3.05, 3.63) is 120 Å². The van der Waals surface area contributed by atoms with Gasteiger partial charge in [-0.2, -0.15) is 0 Å². The number of carbonyl (C=O) groups excluding carboxylic acids is 3. The molecular weight excluding hydrogens is 582 g/mol. The van der Waals surface area contributed by atoms with Gasteiger partial charge in [0.15, 0.2) is 5.76 Å². The normalized spacial score (nSPS) is 14.7. The second kappa shape index (κ2) is 14.9. The molecule has 0 saturated carbocycles. The van der Waals surface area contributed by atoms with E-state index in [4.69, 9.17) is 13.9 Å². The minimum absolute atomic E-state index is 0.133. The maximum atomic E-state index is 13.8. The quantitative estimate of drug-likeness (QED) is 0.186. The van der Waals surface area contributed by atoms with Crippen LogP contribution in [0.5, 0.6) is 0 Å². The number of esters is 1. The Morgan fingerprint density at radius 2 is 1.61 bits per heavy atom. The molecule has 3 aromatic carbocycles. The van der Waals surface area contributed by atoms with Crippen molar-refractivity contribution in [3.63, 3.8) is 0 Å². The van der Waals surface area contributed by atoms with Crippen LogP contribution in [0, 0.1) is 0 Å². The monoisotopic (exact) mass is 623 g/mol. The standard InChI is InChI=1S/C37H41N3O6/c1-37(2,3)46-36(43)38-29-16-10-17-31(24-29)40(34(41)33-18-11-23-44-33)30-19-21-39(22-20-30)25-32(28-14-8-5-9-15-28)35(42)45-26-27-12-6-4-7-13-27/h4-18,23-24,30,32H,19-22,25-26H2,1-3H3,(H,38,43). The highest BCUT2D eigenvalue weighted by Crippen LogP contribution is 2.30. The number of anilines is 2. The van der Waals surface area contributed by atoms with Crippen LogP contribution in [0.25, 0.3) is 0 Å². The number of piperidine rings is 1. The van der Waals surface area contributed by atoms with Crippen LogP contribution in [-0.4, -0.2) is 54.1 Å². The molecule has 1 N–H and O–H groups in total. The lowest BCUT2D eigenvalue weighted by molar-refractivity contribution is -0.147. The zero-order chi connectivity index (χ0) is 32.5. The molecule has 5 rings (SSSR count). The van der Waals surface area contributed by atoms with Gasteiger partial charge in [0, 0.05) is 37.1 Å². The van der Waals surface area contributed by atoms with Crippen LogP contribution in [-0.2, 0) is 20.9 Å². The van der Waals surface area contributed by atoms with Gasteiger partial charge in [0.05, 0.1) is 12.2 Å². The molecule has 0 spiro atoms. The summed E-state index contributed by atoms with van der Waals surface area (Å²) >= 11 is 0. The maximum absolute atomic E-state index is 13.8. The number of rotatable bonds is 10. The van der Waals surface area contributed by atoms with E-state index in [2.05, 4.69) is 10.2 Å². The summed E-state index contributed by atoms with van der Waals surface area (Å²) in [5.41, 5.74) is 2.36. The minimum Gasteiger partial charge on any atom is -0.460 e. The van der Waals surface area contributed by atoms with Crippen molar-refractivity contribution in [2.24, 2.45) is 0 Å². The molecule has 46 heavy (non-hydrogen) atoms. The van der Waals surface area contributed by atoms with Crippen LogP contribution >= 0.6 is 0 Å². The topological polar surface area (TPSA) is 101 Å². The number of furan rings is 1. The summed E-state index contributed by atoms with van der Waals surface area (Å²) in [6.45, 7) is 7.48. The van der Waals surface area contributed by atoms with Crippen molar-refractivity contribution in [1.29, 1.82) is 0 Å². The fraction of sp³-hybridized carbons (Fsp3) is 0.324. The molecule has 1 aromatic heterocycles. The lowest BCUT2D eigenvalue weighted by Gasteiger charge is -2.39. The van der Waals surface area contributed by atoms with Gasteiger partial charge in [-0.05, 0) is 75.1 Å². The Morgan fingerprint density at radius 1 is 0.913 bits per heavy atom. The first-order valence-corrected chi connectivity index (χ1v) is 15.6. The third-order valence-electron chi connectivity index (χ3n) is 7.79. The summed E-state index contributed by atoms with van der Waals surface area (Å²) in [5, 5.41) is 2.77. The molecule has 9 heteroatoms. The Kier molecular flexibility index (Phi) is 10.5. The van der Waals surface area contributed by atoms with Crippen molar-refractivity contribution in [2.75, 3.05) is 29.9 Å². The largest absolute Gasteiger partial charge is 0.460 e. The maximum Gasteiger partial charge on any atom is 0.412 e. The van der Waals surface area contributed by atoms with Crippen molar-refractivity contribution < 1.29 is 28.3 Å². The first kappa shape index (κ1) is 32.5. The summed E-state index contributed by atoms with van der Waals surface area (Å²) in [5.74, 6) is -0.734. The molecule has 1 saturated heterocycles. The van der Waals surface area contributed by atoms with E-state index in [0.717, 1.165) is 11.1 Å². The van der Waals surface area contributed by atoms with Gasteiger partial charge >= 0.3 is 12.1 Å². The van der Waals surface area contributed by atoms with E-state index in [1.807, 2.05) is 66.7 Å². The van der Waals surface area contributed by atoms with E-state index < -0.39 is 17.6 Å². The zero-order valence-corrected chi connectivity index (χ0v) is 26.6. The molecular formula is C37H41N3O6. The van der Waals surface area contributed by atoms with Crippen molar-refractivity contribution >= 4 is 29.3 Å². The smallest absolute Gasteiger partial charge is 0.412 e. The molecule has 1 aliphatic heterocycles. The molecule has 2 amide bonds. The Balaban J connectivity index is 1.29. The molecule has 240 valence electrons. The lowest BCUT2D eigenvalue weighted by Crippen LogP contribution is -2.48. The fourth-order valence-corrected chi connectivity index (χ4v) is 5.62. The van der Waals surface area contributed by atoms with E-state index in [-0.39, 0.29) is 30.3 Å². The molecule has 2 heterocycles. The third kappa shape index (κ3) is 8.85. The Morgan fingerprint density at radius 3 is 2.26 bits per heavy atom.